The van der Waals surface area contributed by atoms with Crippen molar-refractivity contribution in [2.75, 3.05) is 12.1 Å². The summed E-state index contributed by atoms with van der Waals surface area (Å²) in [6.45, 7) is -0.171. The fraction of sp³-hybridized carbons (Fsp3) is 0.0909. The summed E-state index contributed by atoms with van der Waals surface area (Å²) in [4.78, 5) is 47.1. The fourth-order valence-corrected chi connectivity index (χ4v) is 3.46. The number of nitro groups is 2. The molecule has 0 radical (unpaired) electrons. The van der Waals surface area contributed by atoms with Crippen LogP contribution in [-0.4, -0.2) is 28.5 Å². The van der Waals surface area contributed by atoms with Gasteiger partial charge in [0.1, 0.15) is 5.56 Å². The molecule has 1 heterocycles. The predicted molar refractivity (Wildman–Crippen MR) is 121 cm³/mol. The van der Waals surface area contributed by atoms with Crippen molar-refractivity contribution in [1.29, 1.82) is 0 Å². The topological polar surface area (TPSA) is 160 Å². The highest BCUT2D eigenvalue weighted by atomic mass is 35.5. The number of nitrogens with zero attached hydrogens (tertiary/aromatic N) is 2. The molecule has 35 heavy (non-hydrogen) atoms. The van der Waals surface area contributed by atoms with Crippen molar-refractivity contribution in [3.8, 4) is 11.5 Å². The standard InChI is InChI=1S/C22H14ClN3O9/c23-15-8-13(25(29)30)6-7-16(15)24-21(27)20(12-4-2-1-3-5-12)35-22(28)14-9-18-19(34-11-33-18)10-17(14)26(31)32/h1-10,20H,11H2,(H,24,27)/t20-/m0/s1. The zero-order valence-corrected chi connectivity index (χ0v) is 18.3. The van der Waals surface area contributed by atoms with Gasteiger partial charge in [0.15, 0.2) is 11.5 Å². The van der Waals surface area contributed by atoms with E-state index in [9.17, 15) is 29.8 Å². The SMILES string of the molecule is O=C(O[C@H](C(=O)Nc1ccc([N+](=O)[O-])cc1Cl)c1ccccc1)c1cc2c(cc1[N+](=O)[O-])OCO2. The van der Waals surface area contributed by atoms with Gasteiger partial charge in [-0.1, -0.05) is 41.9 Å². The lowest BCUT2D eigenvalue weighted by atomic mass is 10.1. The Morgan fingerprint density at radius 2 is 1.66 bits per heavy atom. The number of hydrogen-bond acceptors (Lipinski definition) is 9. The number of rotatable bonds is 7. The second kappa shape index (κ2) is 9.65. The lowest BCUT2D eigenvalue weighted by Gasteiger charge is -2.18. The van der Waals surface area contributed by atoms with Gasteiger partial charge >= 0.3 is 5.97 Å². The van der Waals surface area contributed by atoms with Gasteiger partial charge in [0.2, 0.25) is 12.9 Å². The van der Waals surface area contributed by atoms with E-state index in [0.29, 0.717) is 0 Å². The van der Waals surface area contributed by atoms with Crippen LogP contribution in [0.2, 0.25) is 5.02 Å². The normalized spacial score (nSPS) is 12.5. The first-order chi connectivity index (χ1) is 16.7. The monoisotopic (exact) mass is 499 g/mol. The third kappa shape index (κ3) is 4.96. The Morgan fingerprint density at radius 1 is 0.971 bits per heavy atom. The molecule has 13 heteroatoms. The van der Waals surface area contributed by atoms with Crippen LogP contribution in [0.4, 0.5) is 17.1 Å². The van der Waals surface area contributed by atoms with Crippen LogP contribution in [0, 0.1) is 20.2 Å². The molecule has 3 aromatic rings. The molecular formula is C22H14ClN3O9. The first-order valence-electron chi connectivity index (χ1n) is 9.83. The highest BCUT2D eigenvalue weighted by Gasteiger charge is 2.32. The maximum atomic E-state index is 13.1. The molecule has 0 aliphatic carbocycles. The quantitative estimate of drug-likeness (QED) is 0.282. The van der Waals surface area contributed by atoms with Crippen molar-refractivity contribution in [2.24, 2.45) is 0 Å². The molecule has 178 valence electrons. The van der Waals surface area contributed by atoms with Crippen molar-refractivity contribution in [3.05, 3.63) is 97.0 Å². The van der Waals surface area contributed by atoms with E-state index in [1.165, 1.54) is 18.2 Å². The molecule has 0 unspecified atom stereocenters. The van der Waals surface area contributed by atoms with Crippen LogP contribution in [-0.2, 0) is 9.53 Å². The van der Waals surface area contributed by atoms with Gasteiger partial charge in [-0.05, 0) is 6.07 Å². The molecule has 4 rings (SSSR count). The number of esters is 1. The number of halogens is 1. The number of carbonyl (C=O) groups excluding carboxylic acids is 2. The van der Waals surface area contributed by atoms with Crippen molar-refractivity contribution < 1.29 is 33.6 Å². The molecule has 1 N–H and O–H groups in total. The number of fused-ring (bicyclic) bond motifs is 1. The van der Waals surface area contributed by atoms with Crippen LogP contribution in [0.15, 0.2) is 60.7 Å². The number of hydrogen-bond donors (Lipinski definition) is 1. The minimum atomic E-state index is -1.54. The van der Waals surface area contributed by atoms with Gasteiger partial charge in [-0.3, -0.25) is 25.0 Å². The van der Waals surface area contributed by atoms with Crippen LogP contribution >= 0.6 is 11.6 Å². The first-order valence-corrected chi connectivity index (χ1v) is 10.2. The van der Waals surface area contributed by atoms with E-state index in [4.69, 9.17) is 25.8 Å². The van der Waals surface area contributed by atoms with Crippen LogP contribution in [0.25, 0.3) is 0 Å². The van der Waals surface area contributed by atoms with Gasteiger partial charge in [-0.15, -0.1) is 0 Å². The highest BCUT2D eigenvalue weighted by molar-refractivity contribution is 6.34. The second-order valence-electron chi connectivity index (χ2n) is 7.09. The molecule has 0 aromatic heterocycles. The summed E-state index contributed by atoms with van der Waals surface area (Å²) in [7, 11) is 0. The molecule has 1 atom stereocenters. The largest absolute Gasteiger partial charge is 0.454 e. The van der Waals surface area contributed by atoms with Gasteiger partial charge in [0.25, 0.3) is 17.3 Å². The maximum Gasteiger partial charge on any atom is 0.346 e. The summed E-state index contributed by atoms with van der Waals surface area (Å²) >= 11 is 6.05. The van der Waals surface area contributed by atoms with E-state index in [-0.39, 0.29) is 40.3 Å². The maximum absolute atomic E-state index is 13.1. The van der Waals surface area contributed by atoms with Crippen LogP contribution in [0.5, 0.6) is 11.5 Å². The molecule has 12 nitrogen and oxygen atoms in total. The molecule has 0 saturated carbocycles. The van der Waals surface area contributed by atoms with Crippen molar-refractivity contribution in [2.45, 2.75) is 6.10 Å². The third-order valence-corrected chi connectivity index (χ3v) is 5.21. The Morgan fingerprint density at radius 3 is 2.29 bits per heavy atom. The van der Waals surface area contributed by atoms with Crippen molar-refractivity contribution in [1.82, 2.24) is 0 Å². The number of amides is 1. The minimum absolute atomic E-state index is 0.0355. The summed E-state index contributed by atoms with van der Waals surface area (Å²) in [6.07, 6.45) is -1.54. The summed E-state index contributed by atoms with van der Waals surface area (Å²) in [6, 6.07) is 13.5. The Kier molecular flexibility index (Phi) is 6.46. The molecule has 1 aliphatic heterocycles. The molecule has 0 spiro atoms. The first kappa shape index (κ1) is 23.4. The Labute approximate surface area is 201 Å². The molecule has 0 fully saturated rings. The smallest absolute Gasteiger partial charge is 0.346 e. The van der Waals surface area contributed by atoms with Crippen molar-refractivity contribution >= 4 is 40.5 Å². The summed E-state index contributed by atoms with van der Waals surface area (Å²) in [5.74, 6) is -1.79. The zero-order chi connectivity index (χ0) is 25.1. The average molecular weight is 500 g/mol. The zero-order valence-electron chi connectivity index (χ0n) is 17.5. The number of nitro benzene ring substituents is 2. The minimum Gasteiger partial charge on any atom is -0.454 e. The number of anilines is 1. The Balaban J connectivity index is 1.65. The van der Waals surface area contributed by atoms with E-state index in [2.05, 4.69) is 5.32 Å². The molecule has 1 aliphatic rings. The number of benzene rings is 3. The van der Waals surface area contributed by atoms with Gasteiger partial charge < -0.3 is 19.5 Å². The lowest BCUT2D eigenvalue weighted by Crippen LogP contribution is -2.26. The number of ether oxygens (including phenoxy) is 3. The summed E-state index contributed by atoms with van der Waals surface area (Å²) < 4.78 is 15.7. The van der Waals surface area contributed by atoms with Gasteiger partial charge in [-0.25, -0.2) is 4.79 Å². The number of non-ortho nitro benzene ring substituents is 1. The van der Waals surface area contributed by atoms with E-state index >= 15 is 0 Å². The van der Waals surface area contributed by atoms with E-state index < -0.39 is 39.1 Å². The predicted octanol–water partition coefficient (Wildman–Crippen LogP) is 4.42. The summed E-state index contributed by atoms with van der Waals surface area (Å²) in [5.41, 5.74) is -1.02. The van der Waals surface area contributed by atoms with Crippen LogP contribution in [0.1, 0.15) is 22.0 Å². The number of nitrogens with one attached hydrogen (secondary N) is 1. The van der Waals surface area contributed by atoms with Crippen LogP contribution < -0.4 is 14.8 Å². The van der Waals surface area contributed by atoms with E-state index in [1.54, 1.807) is 18.2 Å². The Hall–Kier alpha value is -4.71. The van der Waals surface area contributed by atoms with Gasteiger partial charge in [0.05, 0.1) is 26.6 Å². The highest BCUT2D eigenvalue weighted by Crippen LogP contribution is 2.39. The molecule has 0 saturated heterocycles. The fourth-order valence-electron chi connectivity index (χ4n) is 3.23. The second-order valence-corrected chi connectivity index (χ2v) is 7.49. The van der Waals surface area contributed by atoms with E-state index in [1.807, 2.05) is 0 Å². The molecule has 0 bridgehead atoms. The molecular weight excluding hydrogens is 486 g/mol. The summed E-state index contributed by atoms with van der Waals surface area (Å²) in [5, 5.41) is 24.8. The Bertz CT molecular complexity index is 1350. The van der Waals surface area contributed by atoms with Gasteiger partial charge in [0, 0.05) is 23.8 Å². The number of carbonyl (C=O) groups is 2. The van der Waals surface area contributed by atoms with Crippen LogP contribution in [0.3, 0.4) is 0 Å². The molecule has 3 aromatic carbocycles. The molecule has 1 amide bonds. The van der Waals surface area contributed by atoms with Crippen molar-refractivity contribution in [3.63, 3.8) is 0 Å². The van der Waals surface area contributed by atoms with E-state index in [0.717, 1.165) is 24.3 Å². The third-order valence-electron chi connectivity index (χ3n) is 4.89. The average Bonchev–Trinajstić information content (AvgIpc) is 3.30. The lowest BCUT2D eigenvalue weighted by molar-refractivity contribution is -0.385. The van der Waals surface area contributed by atoms with Gasteiger partial charge in [-0.2, -0.15) is 0 Å².